The van der Waals surface area contributed by atoms with E-state index in [1.807, 2.05) is 0 Å². The number of fused-ring (bicyclic) bond motifs is 1. The molecule has 156 valence electrons. The van der Waals surface area contributed by atoms with Gasteiger partial charge in [-0.1, -0.05) is 127 Å². The lowest BCUT2D eigenvalue weighted by Gasteiger charge is -2.13. The van der Waals surface area contributed by atoms with Crippen LogP contribution in [0.2, 0.25) is 0 Å². The molecule has 0 heteroatoms. The normalized spacial score (nSPS) is 14.1. The Balaban J connectivity index is 1.77. The average molecular weight is 421 g/mol. The van der Waals surface area contributed by atoms with Crippen LogP contribution in [0.3, 0.4) is 0 Å². The van der Waals surface area contributed by atoms with Crippen molar-refractivity contribution in [2.45, 2.75) is 6.42 Å². The topological polar surface area (TPSA) is 0 Å². The number of allylic oxidation sites excluding steroid dienone is 5. The zero-order valence-corrected chi connectivity index (χ0v) is 18.4. The van der Waals surface area contributed by atoms with Gasteiger partial charge in [-0.05, 0) is 67.5 Å². The van der Waals surface area contributed by atoms with Crippen molar-refractivity contribution in [1.82, 2.24) is 0 Å². The third kappa shape index (κ3) is 3.50. The highest BCUT2D eigenvalue weighted by Crippen LogP contribution is 2.37. The van der Waals surface area contributed by atoms with Crippen molar-refractivity contribution in [2.75, 3.05) is 0 Å². The van der Waals surface area contributed by atoms with Gasteiger partial charge in [-0.2, -0.15) is 0 Å². The largest absolute Gasteiger partial charge is 0.0801 e. The average Bonchev–Trinajstić information content (AvgIpc) is 3.54. The SMILES string of the molecule is C1=CCC(C2=c3c(cccc3=C(c3ccccc3)c3ccccc3)C=C2c2ccccc2)=C1. The van der Waals surface area contributed by atoms with Crippen molar-refractivity contribution in [3.05, 3.63) is 166 Å². The third-order valence-electron chi connectivity index (χ3n) is 6.49. The van der Waals surface area contributed by atoms with Crippen LogP contribution >= 0.6 is 0 Å². The van der Waals surface area contributed by atoms with E-state index in [1.54, 1.807) is 0 Å². The highest BCUT2D eigenvalue weighted by atomic mass is 14.3. The third-order valence-corrected chi connectivity index (χ3v) is 6.49. The molecule has 0 radical (unpaired) electrons. The van der Waals surface area contributed by atoms with E-state index in [-0.39, 0.29) is 0 Å². The molecule has 0 aromatic heterocycles. The molecule has 2 aliphatic rings. The number of hydrogen-bond donors (Lipinski definition) is 0. The second-order valence-electron chi connectivity index (χ2n) is 8.50. The fraction of sp³-hybridized carbons (Fsp3) is 0.0303. The summed E-state index contributed by atoms with van der Waals surface area (Å²) in [6.45, 7) is 0. The molecule has 0 aliphatic heterocycles. The van der Waals surface area contributed by atoms with Crippen LogP contribution in [0.1, 0.15) is 28.7 Å². The molecule has 0 bridgehead atoms. The summed E-state index contributed by atoms with van der Waals surface area (Å²) < 4.78 is 0. The molecule has 0 saturated heterocycles. The minimum absolute atomic E-state index is 0.972. The first-order valence-corrected chi connectivity index (χ1v) is 11.5. The van der Waals surface area contributed by atoms with Crippen LogP contribution in [0.4, 0.5) is 0 Å². The quantitative estimate of drug-likeness (QED) is 0.352. The molecule has 6 rings (SSSR count). The Labute approximate surface area is 194 Å². The molecule has 0 fully saturated rings. The van der Waals surface area contributed by atoms with Gasteiger partial charge in [0.15, 0.2) is 0 Å². The van der Waals surface area contributed by atoms with E-state index >= 15 is 0 Å². The fourth-order valence-electron chi connectivity index (χ4n) is 5.04. The number of benzene rings is 4. The second kappa shape index (κ2) is 8.41. The van der Waals surface area contributed by atoms with Gasteiger partial charge in [0.05, 0.1) is 0 Å². The van der Waals surface area contributed by atoms with Crippen molar-refractivity contribution in [2.24, 2.45) is 0 Å². The second-order valence-corrected chi connectivity index (χ2v) is 8.50. The smallest absolute Gasteiger partial charge is 0.00231 e. The minimum Gasteiger partial charge on any atom is -0.0801 e. The first-order valence-electron chi connectivity index (χ1n) is 11.5. The van der Waals surface area contributed by atoms with Crippen LogP contribution in [-0.2, 0) is 0 Å². The summed E-state index contributed by atoms with van der Waals surface area (Å²) in [7, 11) is 0. The number of hydrogen-bond acceptors (Lipinski definition) is 0. The maximum Gasteiger partial charge on any atom is -0.00231 e. The summed E-state index contributed by atoms with van der Waals surface area (Å²) >= 11 is 0. The van der Waals surface area contributed by atoms with Crippen LogP contribution in [0.15, 0.2) is 133 Å². The predicted octanol–water partition coefficient (Wildman–Crippen LogP) is 6.53. The fourth-order valence-corrected chi connectivity index (χ4v) is 5.04. The molecule has 0 heterocycles. The van der Waals surface area contributed by atoms with Crippen LogP contribution in [0.5, 0.6) is 0 Å². The molecule has 0 N–H and O–H groups in total. The molecule has 0 atom stereocenters. The maximum absolute atomic E-state index is 2.37. The summed E-state index contributed by atoms with van der Waals surface area (Å²) in [4.78, 5) is 0. The van der Waals surface area contributed by atoms with E-state index in [1.165, 1.54) is 55.0 Å². The first kappa shape index (κ1) is 19.5. The maximum atomic E-state index is 2.37. The molecule has 33 heavy (non-hydrogen) atoms. The van der Waals surface area contributed by atoms with Gasteiger partial charge in [0.2, 0.25) is 0 Å². The Morgan fingerprint density at radius 2 is 1.24 bits per heavy atom. The van der Waals surface area contributed by atoms with Crippen molar-refractivity contribution in [1.29, 1.82) is 0 Å². The Bertz CT molecular complexity index is 1490. The Kier molecular flexibility index (Phi) is 4.97. The van der Waals surface area contributed by atoms with Crippen molar-refractivity contribution < 1.29 is 0 Å². The van der Waals surface area contributed by atoms with Gasteiger partial charge in [0.1, 0.15) is 0 Å². The molecular weight excluding hydrogens is 396 g/mol. The molecule has 0 spiro atoms. The summed E-state index contributed by atoms with van der Waals surface area (Å²) in [5.41, 5.74) is 10.4. The summed E-state index contributed by atoms with van der Waals surface area (Å²) in [5, 5.41) is 2.63. The zero-order chi connectivity index (χ0) is 22.0. The van der Waals surface area contributed by atoms with Crippen LogP contribution < -0.4 is 10.4 Å². The molecule has 0 saturated carbocycles. The zero-order valence-electron chi connectivity index (χ0n) is 18.4. The van der Waals surface area contributed by atoms with Gasteiger partial charge >= 0.3 is 0 Å². The Hall–Kier alpha value is -4.16. The van der Waals surface area contributed by atoms with Gasteiger partial charge in [-0.15, -0.1) is 0 Å². The molecule has 4 aromatic carbocycles. The summed E-state index contributed by atoms with van der Waals surface area (Å²) in [6.07, 6.45) is 10.1. The lowest BCUT2D eigenvalue weighted by molar-refractivity contribution is 1.33. The van der Waals surface area contributed by atoms with Crippen molar-refractivity contribution in [3.63, 3.8) is 0 Å². The standard InChI is InChI=1S/C33H24/c1-4-13-24(14-5-1)30-23-28-21-12-22-29(33(28)32(30)27-19-10-11-20-27)31(25-15-6-2-7-16-25)26-17-8-3-9-18-26/h1-19,21-23H,20H2. The van der Waals surface area contributed by atoms with Gasteiger partial charge in [-0.25, -0.2) is 0 Å². The lowest BCUT2D eigenvalue weighted by atomic mass is 9.90. The van der Waals surface area contributed by atoms with E-state index in [4.69, 9.17) is 0 Å². The van der Waals surface area contributed by atoms with Crippen LogP contribution in [0, 0.1) is 0 Å². The molecule has 0 unspecified atom stereocenters. The Morgan fingerprint density at radius 3 is 1.85 bits per heavy atom. The van der Waals surface area contributed by atoms with E-state index < -0.39 is 0 Å². The van der Waals surface area contributed by atoms with Gasteiger partial charge in [0, 0.05) is 0 Å². The predicted molar refractivity (Wildman–Crippen MR) is 140 cm³/mol. The van der Waals surface area contributed by atoms with Gasteiger partial charge in [-0.3, -0.25) is 0 Å². The highest BCUT2D eigenvalue weighted by molar-refractivity contribution is 6.14. The van der Waals surface area contributed by atoms with E-state index in [9.17, 15) is 0 Å². The summed E-state index contributed by atoms with van der Waals surface area (Å²) in [5.74, 6) is 0. The first-order chi connectivity index (χ1) is 16.4. The molecule has 4 aromatic rings. The molecule has 2 aliphatic carbocycles. The number of rotatable bonds is 4. The van der Waals surface area contributed by atoms with E-state index in [0.29, 0.717) is 0 Å². The summed E-state index contributed by atoms with van der Waals surface area (Å²) in [6, 6.07) is 39.1. The highest BCUT2D eigenvalue weighted by Gasteiger charge is 2.22. The van der Waals surface area contributed by atoms with Gasteiger partial charge < -0.3 is 0 Å². The molecular formula is C33H24. The monoisotopic (exact) mass is 420 g/mol. The lowest BCUT2D eigenvalue weighted by Crippen LogP contribution is -2.31. The minimum atomic E-state index is 0.972. The van der Waals surface area contributed by atoms with Crippen molar-refractivity contribution >= 4 is 22.8 Å². The molecule has 0 amide bonds. The van der Waals surface area contributed by atoms with Gasteiger partial charge in [0.25, 0.3) is 0 Å². The molecule has 0 nitrogen and oxygen atoms in total. The van der Waals surface area contributed by atoms with E-state index in [2.05, 4.69) is 133 Å². The Morgan fingerprint density at radius 1 is 0.606 bits per heavy atom. The van der Waals surface area contributed by atoms with Crippen LogP contribution in [0.25, 0.3) is 22.8 Å². The van der Waals surface area contributed by atoms with E-state index in [0.717, 1.165) is 6.42 Å². The van der Waals surface area contributed by atoms with Crippen molar-refractivity contribution in [3.8, 4) is 0 Å². The van der Waals surface area contributed by atoms with Crippen LogP contribution in [-0.4, -0.2) is 0 Å².